The van der Waals surface area contributed by atoms with E-state index in [1.54, 1.807) is 47.2 Å². The Morgan fingerprint density at radius 3 is 2.41 bits per heavy atom. The summed E-state index contributed by atoms with van der Waals surface area (Å²) in [6.45, 7) is 4.21. The van der Waals surface area contributed by atoms with E-state index in [-0.39, 0.29) is 28.4 Å². The number of aromatic nitrogens is 2. The number of rotatable bonds is 6. The summed E-state index contributed by atoms with van der Waals surface area (Å²) in [5.74, 6) is -0.270. The highest BCUT2D eigenvalue weighted by molar-refractivity contribution is 9.10. The quantitative estimate of drug-likeness (QED) is 0.457. The van der Waals surface area contributed by atoms with Crippen molar-refractivity contribution < 1.29 is 18.1 Å². The van der Waals surface area contributed by atoms with Gasteiger partial charge in [-0.3, -0.25) is 4.90 Å². The van der Waals surface area contributed by atoms with E-state index in [0.29, 0.717) is 38.4 Å². The minimum absolute atomic E-state index is 0.200. The normalized spacial score (nSPS) is 15.9. The fourth-order valence-corrected chi connectivity index (χ4v) is 5.70. The number of fused-ring (bicyclic) bond motifs is 1. The van der Waals surface area contributed by atoms with Crippen LogP contribution in [-0.4, -0.2) is 48.2 Å². The molecule has 0 atom stereocenters. The van der Waals surface area contributed by atoms with Crippen molar-refractivity contribution in [2.45, 2.75) is 31.3 Å². The summed E-state index contributed by atoms with van der Waals surface area (Å²) >= 11 is 3.32. The van der Waals surface area contributed by atoms with Gasteiger partial charge in [0.2, 0.25) is 10.0 Å². The predicted octanol–water partition coefficient (Wildman–Crippen LogP) is 1.34. The van der Waals surface area contributed by atoms with E-state index in [0.717, 1.165) is 10.9 Å². The van der Waals surface area contributed by atoms with Gasteiger partial charge in [-0.15, -0.1) is 0 Å². The molecule has 0 unspecified atom stereocenters. The molecule has 0 amide bonds. The van der Waals surface area contributed by atoms with E-state index in [1.807, 2.05) is 17.9 Å². The van der Waals surface area contributed by atoms with Crippen LogP contribution in [0.3, 0.4) is 0 Å². The van der Waals surface area contributed by atoms with Gasteiger partial charge in [-0.2, -0.15) is 8.71 Å². The number of aryl methyl sites for hydroxylation is 1. The van der Waals surface area contributed by atoms with Crippen molar-refractivity contribution in [2.75, 3.05) is 26.2 Å². The van der Waals surface area contributed by atoms with Crippen LogP contribution in [0, 0.1) is 0 Å². The van der Waals surface area contributed by atoms with Crippen LogP contribution in [0.25, 0.3) is 5.65 Å². The van der Waals surface area contributed by atoms with E-state index >= 15 is 0 Å². The standard InChI is InChI=1S/C22H25BrN4O4S/c1-2-10-26-20-5-3-4-11-27(20)22(29)19(21(26)28)16-24-12-14-25(15-13-24)32(30,31)18-8-6-17(23)7-9-18/h3-9,11H,2,10,12-16H2,1H3. The van der Waals surface area contributed by atoms with Crippen molar-refractivity contribution in [2.24, 2.45) is 0 Å². The van der Waals surface area contributed by atoms with Crippen LogP contribution in [0.4, 0.5) is 0 Å². The predicted molar refractivity (Wildman–Crippen MR) is 122 cm³/mol. The molecule has 1 fully saturated rings. The second-order valence-corrected chi connectivity index (χ2v) is 10.7. The summed E-state index contributed by atoms with van der Waals surface area (Å²) in [6, 6.07) is 11.9. The molecule has 32 heavy (non-hydrogen) atoms. The number of hydrogen-bond donors (Lipinski definition) is 0. The fourth-order valence-electron chi connectivity index (χ4n) is 4.01. The monoisotopic (exact) mass is 520 g/mol. The Labute approximate surface area is 195 Å². The first-order valence-corrected chi connectivity index (χ1v) is 12.8. The number of halogens is 1. The van der Waals surface area contributed by atoms with Crippen LogP contribution in [0.15, 0.2) is 62.8 Å². The van der Waals surface area contributed by atoms with E-state index in [1.165, 1.54) is 8.71 Å². The third kappa shape index (κ3) is 4.32. The topological polar surface area (TPSA) is 89.0 Å². The molecule has 4 rings (SSSR count). The zero-order chi connectivity index (χ0) is 22.9. The molecular formula is C22H25BrN4O4S. The average Bonchev–Trinajstić information content (AvgIpc) is 2.80. The van der Waals surface area contributed by atoms with Gasteiger partial charge in [0, 0.05) is 43.3 Å². The third-order valence-corrected chi connectivity index (χ3v) is 8.15. The second kappa shape index (κ2) is 9.30. The van der Waals surface area contributed by atoms with Crippen molar-refractivity contribution in [3.63, 3.8) is 0 Å². The van der Waals surface area contributed by atoms with Gasteiger partial charge in [-0.1, -0.05) is 28.9 Å². The summed E-state index contributed by atoms with van der Waals surface area (Å²) in [4.78, 5) is 15.3. The molecule has 0 spiro atoms. The molecule has 10 heteroatoms. The highest BCUT2D eigenvalue weighted by Gasteiger charge is 2.29. The van der Waals surface area contributed by atoms with Crippen LogP contribution in [0.5, 0.6) is 5.88 Å². The lowest BCUT2D eigenvalue weighted by Gasteiger charge is -2.34. The first-order chi connectivity index (χ1) is 15.3. The summed E-state index contributed by atoms with van der Waals surface area (Å²) in [5.41, 5.74) is 0.479. The lowest BCUT2D eigenvalue weighted by atomic mass is 10.2. The first kappa shape index (κ1) is 22.9. The molecule has 0 N–H and O–H groups in total. The molecule has 0 bridgehead atoms. The van der Waals surface area contributed by atoms with Gasteiger partial charge < -0.3 is 5.11 Å². The molecule has 170 valence electrons. The number of piperazine rings is 1. The maximum absolute atomic E-state index is 13.1. The lowest BCUT2D eigenvalue weighted by molar-refractivity contribution is -0.716. The fraction of sp³-hybridized carbons (Fsp3) is 0.364. The Morgan fingerprint density at radius 1 is 1.06 bits per heavy atom. The summed E-state index contributed by atoms with van der Waals surface area (Å²) in [6.07, 6.45) is 2.45. The number of nitrogens with zero attached hydrogens (tertiary/aromatic N) is 4. The minimum atomic E-state index is -3.58. The molecule has 1 aliphatic rings. The SMILES string of the molecule is CCC[n+]1c([O-])c(CN2CCN(S(=O)(=O)c3ccc(Br)cc3)CC2)c(=O)n2ccccc21. The van der Waals surface area contributed by atoms with Crippen LogP contribution in [-0.2, 0) is 23.1 Å². The minimum Gasteiger partial charge on any atom is -0.842 e. The molecule has 3 aromatic rings. The molecule has 0 saturated carbocycles. The van der Waals surface area contributed by atoms with Crippen LogP contribution in [0.2, 0.25) is 0 Å². The van der Waals surface area contributed by atoms with Gasteiger partial charge in [0.25, 0.3) is 5.65 Å². The Kier molecular flexibility index (Phi) is 6.66. The van der Waals surface area contributed by atoms with E-state index < -0.39 is 10.0 Å². The molecular weight excluding hydrogens is 496 g/mol. The Balaban J connectivity index is 1.55. The van der Waals surface area contributed by atoms with Crippen LogP contribution >= 0.6 is 15.9 Å². The lowest BCUT2D eigenvalue weighted by Crippen LogP contribution is -2.50. The number of pyridine rings is 1. The average molecular weight is 521 g/mol. The molecule has 8 nitrogen and oxygen atoms in total. The molecule has 1 aliphatic heterocycles. The van der Waals surface area contributed by atoms with Crippen molar-refractivity contribution >= 4 is 31.6 Å². The first-order valence-electron chi connectivity index (χ1n) is 10.5. The maximum Gasteiger partial charge on any atom is 0.346 e. The maximum atomic E-state index is 13.1. The summed E-state index contributed by atoms with van der Waals surface area (Å²) in [5, 5.41) is 13.1. The molecule has 2 aromatic heterocycles. The van der Waals surface area contributed by atoms with Crippen molar-refractivity contribution in [3.05, 3.63) is 69.1 Å². The summed E-state index contributed by atoms with van der Waals surface area (Å²) < 4.78 is 31.3. The second-order valence-electron chi connectivity index (χ2n) is 7.80. The molecule has 0 aliphatic carbocycles. The van der Waals surface area contributed by atoms with E-state index in [9.17, 15) is 18.3 Å². The van der Waals surface area contributed by atoms with Crippen molar-refractivity contribution in [3.8, 4) is 5.88 Å². The van der Waals surface area contributed by atoms with E-state index in [2.05, 4.69) is 15.9 Å². The molecule has 0 radical (unpaired) electrons. The smallest absolute Gasteiger partial charge is 0.346 e. The van der Waals surface area contributed by atoms with Crippen LogP contribution in [0.1, 0.15) is 18.9 Å². The molecule has 3 heterocycles. The number of sulfonamides is 1. The zero-order valence-corrected chi connectivity index (χ0v) is 20.2. The number of benzene rings is 1. The van der Waals surface area contributed by atoms with Gasteiger partial charge >= 0.3 is 5.56 Å². The number of hydrogen-bond acceptors (Lipinski definition) is 5. The van der Waals surface area contributed by atoms with Crippen molar-refractivity contribution in [1.29, 1.82) is 0 Å². The highest BCUT2D eigenvalue weighted by atomic mass is 79.9. The molecule has 1 aromatic carbocycles. The van der Waals surface area contributed by atoms with Gasteiger partial charge in [0.15, 0.2) is 0 Å². The van der Waals surface area contributed by atoms with Gasteiger partial charge in [0.1, 0.15) is 0 Å². The Bertz CT molecular complexity index is 1280. The Morgan fingerprint density at radius 2 is 1.75 bits per heavy atom. The summed E-state index contributed by atoms with van der Waals surface area (Å²) in [7, 11) is -3.58. The van der Waals surface area contributed by atoms with Gasteiger partial charge in [-0.25, -0.2) is 17.8 Å². The van der Waals surface area contributed by atoms with Gasteiger partial charge in [-0.05, 0) is 36.8 Å². The van der Waals surface area contributed by atoms with Crippen molar-refractivity contribution in [1.82, 2.24) is 13.6 Å². The highest BCUT2D eigenvalue weighted by Crippen LogP contribution is 2.21. The third-order valence-electron chi connectivity index (χ3n) is 5.71. The van der Waals surface area contributed by atoms with Gasteiger partial charge in [0.05, 0.1) is 29.1 Å². The largest absolute Gasteiger partial charge is 0.842 e. The Hall–Kier alpha value is -2.27. The van der Waals surface area contributed by atoms with E-state index in [4.69, 9.17) is 0 Å². The zero-order valence-electron chi connectivity index (χ0n) is 17.8. The molecule has 1 saturated heterocycles. The van der Waals surface area contributed by atoms with Crippen LogP contribution < -0.4 is 15.2 Å².